The first-order valence-corrected chi connectivity index (χ1v) is 12.9. The highest BCUT2D eigenvalue weighted by Gasteiger charge is 2.48. The Morgan fingerprint density at radius 2 is 2.04 bits per heavy atom. The average Bonchev–Trinajstić information content (AvgIpc) is 2.80. The topological polar surface area (TPSA) is 122 Å². The zero-order valence-electron chi connectivity index (χ0n) is 14.0. The smallest absolute Gasteiger partial charge is 0.330 e. The van der Waals surface area contributed by atoms with Crippen LogP contribution in [0.5, 0.6) is 0 Å². The van der Waals surface area contributed by atoms with Crippen molar-refractivity contribution in [3.8, 4) is 0 Å². The molecule has 1 saturated heterocycles. The van der Waals surface area contributed by atoms with Gasteiger partial charge in [0.25, 0.3) is 5.56 Å². The number of ether oxygens (including phenoxy) is 1. The lowest BCUT2D eigenvalue weighted by atomic mass is 10.2. The SMILES string of the molecule is C[Si](C)(C)CCS(=O)C1C(O)C(CO)OC1n1ccc(=O)[nH]c1=O. The number of aromatic nitrogens is 2. The van der Waals surface area contributed by atoms with Crippen LogP contribution in [0.2, 0.25) is 25.7 Å². The summed E-state index contributed by atoms with van der Waals surface area (Å²) >= 11 is 0. The van der Waals surface area contributed by atoms with Gasteiger partial charge in [0.15, 0.2) is 6.23 Å². The monoisotopic (exact) mass is 376 g/mol. The number of nitrogens with one attached hydrogen (secondary N) is 1. The Labute approximate surface area is 143 Å². The van der Waals surface area contributed by atoms with Crippen molar-refractivity contribution in [2.75, 3.05) is 12.4 Å². The molecule has 136 valence electrons. The van der Waals surface area contributed by atoms with Crippen LogP contribution in [0.1, 0.15) is 6.23 Å². The summed E-state index contributed by atoms with van der Waals surface area (Å²) in [6, 6.07) is 1.96. The first kappa shape index (κ1) is 19.3. The molecule has 0 aromatic carbocycles. The maximum absolute atomic E-state index is 12.8. The Kier molecular flexibility index (Phi) is 5.97. The van der Waals surface area contributed by atoms with Crippen molar-refractivity contribution >= 4 is 18.9 Å². The van der Waals surface area contributed by atoms with Gasteiger partial charge in [0.2, 0.25) is 0 Å². The normalized spacial score (nSPS) is 28.9. The molecule has 1 aromatic heterocycles. The molecular formula is C14H24N2O6SSi. The maximum Gasteiger partial charge on any atom is 0.330 e. The molecule has 1 aromatic rings. The van der Waals surface area contributed by atoms with E-state index in [2.05, 4.69) is 24.6 Å². The second-order valence-electron chi connectivity index (χ2n) is 7.12. The molecule has 0 bridgehead atoms. The van der Waals surface area contributed by atoms with E-state index in [4.69, 9.17) is 4.74 Å². The van der Waals surface area contributed by atoms with Crippen LogP contribution >= 0.6 is 0 Å². The van der Waals surface area contributed by atoms with Crippen LogP contribution in [0.15, 0.2) is 21.9 Å². The molecule has 0 saturated carbocycles. The van der Waals surface area contributed by atoms with Crippen molar-refractivity contribution < 1.29 is 19.2 Å². The zero-order chi connectivity index (χ0) is 18.1. The highest BCUT2D eigenvalue weighted by Crippen LogP contribution is 2.32. The molecule has 3 N–H and O–H groups in total. The number of aromatic amines is 1. The molecule has 0 aliphatic carbocycles. The Morgan fingerprint density at radius 1 is 1.38 bits per heavy atom. The van der Waals surface area contributed by atoms with Gasteiger partial charge in [-0.05, 0) is 6.04 Å². The van der Waals surface area contributed by atoms with Crippen LogP contribution in [0, 0.1) is 0 Å². The van der Waals surface area contributed by atoms with Crippen molar-refractivity contribution in [2.45, 2.75) is 49.4 Å². The molecule has 1 fully saturated rings. The van der Waals surface area contributed by atoms with Gasteiger partial charge in [0.1, 0.15) is 17.5 Å². The zero-order valence-corrected chi connectivity index (χ0v) is 15.8. The summed E-state index contributed by atoms with van der Waals surface area (Å²) in [4.78, 5) is 25.3. The lowest BCUT2D eigenvalue weighted by Crippen LogP contribution is -2.41. The van der Waals surface area contributed by atoms with Crippen molar-refractivity contribution in [3.05, 3.63) is 33.1 Å². The fourth-order valence-electron chi connectivity index (χ4n) is 2.55. The Balaban J connectivity index is 2.31. The van der Waals surface area contributed by atoms with E-state index in [0.717, 1.165) is 16.7 Å². The minimum Gasteiger partial charge on any atom is -0.394 e. The van der Waals surface area contributed by atoms with E-state index in [1.807, 2.05) is 0 Å². The van der Waals surface area contributed by atoms with Gasteiger partial charge in [-0.1, -0.05) is 19.6 Å². The molecule has 5 unspecified atom stereocenters. The van der Waals surface area contributed by atoms with E-state index in [1.54, 1.807) is 0 Å². The van der Waals surface area contributed by atoms with Gasteiger partial charge in [-0.25, -0.2) is 4.79 Å². The fraction of sp³-hybridized carbons (Fsp3) is 0.714. The van der Waals surface area contributed by atoms with Crippen molar-refractivity contribution in [1.29, 1.82) is 0 Å². The lowest BCUT2D eigenvalue weighted by Gasteiger charge is -2.23. The minimum absolute atomic E-state index is 0.396. The van der Waals surface area contributed by atoms with Gasteiger partial charge in [-0.2, -0.15) is 0 Å². The first-order valence-electron chi connectivity index (χ1n) is 7.77. The van der Waals surface area contributed by atoms with E-state index in [0.29, 0.717) is 5.75 Å². The molecule has 8 nitrogen and oxygen atoms in total. The molecular weight excluding hydrogens is 352 g/mol. The number of aliphatic hydroxyl groups excluding tert-OH is 2. The van der Waals surface area contributed by atoms with Gasteiger partial charge in [-0.15, -0.1) is 0 Å². The highest BCUT2D eigenvalue weighted by molar-refractivity contribution is 7.85. The summed E-state index contributed by atoms with van der Waals surface area (Å²) in [5.74, 6) is 0.396. The highest BCUT2D eigenvalue weighted by atomic mass is 32.2. The van der Waals surface area contributed by atoms with Gasteiger partial charge >= 0.3 is 5.69 Å². The summed E-state index contributed by atoms with van der Waals surface area (Å²) in [5.41, 5.74) is -1.25. The second-order valence-corrected chi connectivity index (χ2v) is 14.5. The summed E-state index contributed by atoms with van der Waals surface area (Å²) in [6.45, 7) is 6.03. The predicted molar refractivity (Wildman–Crippen MR) is 93.3 cm³/mol. The van der Waals surface area contributed by atoms with Gasteiger partial charge in [0.05, 0.1) is 6.61 Å². The Bertz CT molecular complexity index is 712. The van der Waals surface area contributed by atoms with Gasteiger partial charge in [-0.3, -0.25) is 18.6 Å². The molecule has 0 amide bonds. The number of aliphatic hydroxyl groups is 2. The largest absolute Gasteiger partial charge is 0.394 e. The van der Waals surface area contributed by atoms with E-state index in [-0.39, 0.29) is 0 Å². The molecule has 24 heavy (non-hydrogen) atoms. The van der Waals surface area contributed by atoms with Crippen LogP contribution < -0.4 is 11.2 Å². The number of hydrogen-bond donors (Lipinski definition) is 3. The Hall–Kier alpha value is -1.07. The number of nitrogens with zero attached hydrogens (tertiary/aromatic N) is 1. The molecule has 5 atom stereocenters. The summed E-state index contributed by atoms with van der Waals surface area (Å²) in [6.07, 6.45) is -1.82. The predicted octanol–water partition coefficient (Wildman–Crippen LogP) is -0.757. The quantitative estimate of drug-likeness (QED) is 0.561. The van der Waals surface area contributed by atoms with Crippen LogP contribution in [-0.2, 0) is 15.5 Å². The number of rotatable bonds is 6. The molecule has 2 heterocycles. The molecule has 0 radical (unpaired) electrons. The second kappa shape index (κ2) is 7.44. The molecule has 0 spiro atoms. The molecule has 2 rings (SSSR count). The molecule has 1 aliphatic heterocycles. The fourth-order valence-corrected chi connectivity index (χ4v) is 7.02. The van der Waals surface area contributed by atoms with E-state index < -0.39 is 60.4 Å². The van der Waals surface area contributed by atoms with E-state index in [1.165, 1.54) is 6.20 Å². The third-order valence-corrected chi connectivity index (χ3v) is 7.81. The standard InChI is InChI=1S/C14H24N2O6SSi/c1-24(2,3)7-6-23(21)12-11(19)9(8-17)22-13(12)16-5-4-10(18)15-14(16)20/h4-5,9,11-13,17,19H,6-8H2,1-3H3,(H,15,18,20). The van der Waals surface area contributed by atoms with Crippen LogP contribution in [0.4, 0.5) is 0 Å². The maximum atomic E-state index is 12.8. The van der Waals surface area contributed by atoms with Gasteiger partial charge < -0.3 is 14.9 Å². The van der Waals surface area contributed by atoms with Crippen LogP contribution in [0.25, 0.3) is 0 Å². The Morgan fingerprint density at radius 3 is 2.58 bits per heavy atom. The van der Waals surface area contributed by atoms with E-state index >= 15 is 0 Å². The van der Waals surface area contributed by atoms with Crippen molar-refractivity contribution in [3.63, 3.8) is 0 Å². The molecule has 10 heteroatoms. The lowest BCUT2D eigenvalue weighted by molar-refractivity contribution is -0.0457. The summed E-state index contributed by atoms with van der Waals surface area (Å²) < 4.78 is 19.4. The summed E-state index contributed by atoms with van der Waals surface area (Å²) in [7, 11) is -2.86. The summed E-state index contributed by atoms with van der Waals surface area (Å²) in [5, 5.41) is 18.9. The van der Waals surface area contributed by atoms with Gasteiger partial charge in [0, 0.05) is 36.9 Å². The first-order chi connectivity index (χ1) is 11.1. The van der Waals surface area contributed by atoms with E-state index in [9.17, 15) is 24.0 Å². The van der Waals surface area contributed by atoms with Crippen molar-refractivity contribution in [2.24, 2.45) is 0 Å². The third kappa shape index (κ3) is 4.31. The third-order valence-electron chi connectivity index (χ3n) is 3.97. The van der Waals surface area contributed by atoms with Crippen molar-refractivity contribution in [1.82, 2.24) is 9.55 Å². The number of hydrogen-bond acceptors (Lipinski definition) is 6. The average molecular weight is 377 g/mol. The van der Waals surface area contributed by atoms with Crippen LogP contribution in [0.3, 0.4) is 0 Å². The van der Waals surface area contributed by atoms with Crippen LogP contribution in [-0.4, -0.2) is 61.9 Å². The molecule has 1 aliphatic rings. The minimum atomic E-state index is -1.44. The number of H-pyrrole nitrogens is 1.